The molecule has 0 amide bonds. The Morgan fingerprint density at radius 3 is 3.12 bits per heavy atom. The molecule has 1 aliphatic rings. The van der Waals surface area contributed by atoms with Crippen molar-refractivity contribution in [2.45, 2.75) is 25.0 Å². The van der Waals surface area contributed by atoms with E-state index in [2.05, 4.69) is 11.4 Å². The van der Waals surface area contributed by atoms with Gasteiger partial charge in [0.05, 0.1) is 12.2 Å². The fourth-order valence-corrected chi connectivity index (χ4v) is 1.98. The number of benzene rings is 1. The lowest BCUT2D eigenvalue weighted by molar-refractivity contribution is 0.109. The minimum absolute atomic E-state index is 0.180. The van der Waals surface area contributed by atoms with Crippen LogP contribution in [0.5, 0.6) is 0 Å². The van der Waals surface area contributed by atoms with E-state index in [9.17, 15) is 4.39 Å². The second-order valence-electron chi connectivity index (χ2n) is 4.16. The van der Waals surface area contributed by atoms with Crippen molar-refractivity contribution in [3.8, 4) is 6.07 Å². The van der Waals surface area contributed by atoms with Crippen molar-refractivity contribution in [3.63, 3.8) is 0 Å². The van der Waals surface area contributed by atoms with Crippen LogP contribution in [-0.2, 0) is 4.74 Å². The molecule has 17 heavy (non-hydrogen) atoms. The third-order valence-electron chi connectivity index (χ3n) is 2.88. The SMILES string of the molecule is N#CC(NCC1CCCO1)c1cccc(F)c1. The van der Waals surface area contributed by atoms with Gasteiger partial charge in [0.25, 0.3) is 0 Å². The first-order chi connectivity index (χ1) is 8.29. The van der Waals surface area contributed by atoms with Crippen LogP contribution in [0.4, 0.5) is 4.39 Å². The summed E-state index contributed by atoms with van der Waals surface area (Å²) in [7, 11) is 0. The van der Waals surface area contributed by atoms with Crippen LogP contribution in [0.3, 0.4) is 0 Å². The average Bonchev–Trinajstić information content (AvgIpc) is 2.83. The van der Waals surface area contributed by atoms with E-state index in [0.717, 1.165) is 19.4 Å². The summed E-state index contributed by atoms with van der Waals surface area (Å²) < 4.78 is 18.5. The molecule has 2 atom stereocenters. The van der Waals surface area contributed by atoms with Crippen LogP contribution in [0.25, 0.3) is 0 Å². The van der Waals surface area contributed by atoms with Gasteiger partial charge >= 0.3 is 0 Å². The molecule has 4 heteroatoms. The van der Waals surface area contributed by atoms with Gasteiger partial charge in [-0.2, -0.15) is 5.26 Å². The number of halogens is 1. The van der Waals surface area contributed by atoms with Gasteiger partial charge in [0.1, 0.15) is 11.9 Å². The number of nitriles is 1. The number of hydrogen-bond donors (Lipinski definition) is 1. The number of nitrogens with one attached hydrogen (secondary N) is 1. The van der Waals surface area contributed by atoms with Gasteiger partial charge in [0, 0.05) is 13.2 Å². The Bertz CT molecular complexity index is 410. The normalized spacial score (nSPS) is 21.1. The zero-order valence-corrected chi connectivity index (χ0v) is 9.53. The van der Waals surface area contributed by atoms with Crippen LogP contribution >= 0.6 is 0 Å². The monoisotopic (exact) mass is 234 g/mol. The van der Waals surface area contributed by atoms with E-state index in [1.807, 2.05) is 0 Å². The second kappa shape index (κ2) is 5.76. The number of nitrogens with zero attached hydrogens (tertiary/aromatic N) is 1. The molecule has 0 aromatic heterocycles. The maximum Gasteiger partial charge on any atom is 0.123 e. The fraction of sp³-hybridized carbons (Fsp3) is 0.462. The van der Waals surface area contributed by atoms with E-state index >= 15 is 0 Å². The topological polar surface area (TPSA) is 45.0 Å². The molecule has 0 aliphatic carbocycles. The van der Waals surface area contributed by atoms with E-state index in [1.54, 1.807) is 12.1 Å². The van der Waals surface area contributed by atoms with Gasteiger partial charge in [-0.1, -0.05) is 12.1 Å². The van der Waals surface area contributed by atoms with Gasteiger partial charge in [-0.05, 0) is 30.5 Å². The lowest BCUT2D eigenvalue weighted by Crippen LogP contribution is -2.29. The zero-order chi connectivity index (χ0) is 12.1. The minimum Gasteiger partial charge on any atom is -0.377 e. The highest BCUT2D eigenvalue weighted by atomic mass is 19.1. The Hall–Kier alpha value is -1.44. The minimum atomic E-state index is -0.477. The van der Waals surface area contributed by atoms with Gasteiger partial charge < -0.3 is 4.74 Å². The molecule has 2 rings (SSSR count). The van der Waals surface area contributed by atoms with Crippen LogP contribution < -0.4 is 5.32 Å². The highest BCUT2D eigenvalue weighted by Gasteiger charge is 2.18. The number of rotatable bonds is 4. The molecule has 0 radical (unpaired) electrons. The lowest BCUT2D eigenvalue weighted by Gasteiger charge is -2.15. The summed E-state index contributed by atoms with van der Waals surface area (Å²) in [6, 6.07) is 7.78. The first-order valence-corrected chi connectivity index (χ1v) is 5.79. The molecule has 2 unspecified atom stereocenters. The molecule has 1 N–H and O–H groups in total. The standard InChI is InChI=1S/C13H15FN2O/c14-11-4-1-3-10(7-11)13(8-15)16-9-12-5-2-6-17-12/h1,3-4,7,12-13,16H,2,5-6,9H2. The maximum absolute atomic E-state index is 13.0. The first kappa shape index (κ1) is 12.0. The molecule has 1 aromatic carbocycles. The molecule has 0 spiro atoms. The smallest absolute Gasteiger partial charge is 0.123 e. The summed E-state index contributed by atoms with van der Waals surface area (Å²) in [6.45, 7) is 1.43. The lowest BCUT2D eigenvalue weighted by atomic mass is 10.1. The molecule has 0 bridgehead atoms. The molecule has 1 aromatic rings. The van der Waals surface area contributed by atoms with Crippen molar-refractivity contribution in [1.29, 1.82) is 5.26 Å². The van der Waals surface area contributed by atoms with E-state index in [1.165, 1.54) is 12.1 Å². The number of hydrogen-bond acceptors (Lipinski definition) is 3. The third-order valence-corrected chi connectivity index (χ3v) is 2.88. The van der Waals surface area contributed by atoms with E-state index in [-0.39, 0.29) is 11.9 Å². The van der Waals surface area contributed by atoms with E-state index < -0.39 is 6.04 Å². The number of ether oxygens (including phenoxy) is 1. The summed E-state index contributed by atoms with van der Waals surface area (Å²) >= 11 is 0. The molecule has 1 fully saturated rings. The largest absolute Gasteiger partial charge is 0.377 e. The van der Waals surface area contributed by atoms with Crippen LogP contribution in [0.2, 0.25) is 0 Å². The molecule has 1 heterocycles. The Morgan fingerprint density at radius 1 is 1.59 bits per heavy atom. The molecule has 1 aliphatic heterocycles. The molecular weight excluding hydrogens is 219 g/mol. The van der Waals surface area contributed by atoms with Crippen LogP contribution in [0.15, 0.2) is 24.3 Å². The van der Waals surface area contributed by atoms with Gasteiger partial charge in [-0.3, -0.25) is 5.32 Å². The van der Waals surface area contributed by atoms with Crippen molar-refractivity contribution in [2.75, 3.05) is 13.2 Å². The van der Waals surface area contributed by atoms with Crippen LogP contribution in [-0.4, -0.2) is 19.3 Å². The summed E-state index contributed by atoms with van der Waals surface area (Å²) in [4.78, 5) is 0. The van der Waals surface area contributed by atoms with E-state index in [4.69, 9.17) is 10.00 Å². The summed E-state index contributed by atoms with van der Waals surface area (Å²) in [5.74, 6) is -0.318. The Labute approximate surface area is 100 Å². The molecular formula is C13H15FN2O. The highest BCUT2D eigenvalue weighted by molar-refractivity contribution is 5.24. The van der Waals surface area contributed by atoms with Gasteiger partial charge in [-0.25, -0.2) is 4.39 Å². The molecule has 3 nitrogen and oxygen atoms in total. The van der Waals surface area contributed by atoms with Gasteiger partial charge in [0.2, 0.25) is 0 Å². The predicted octanol–water partition coefficient (Wildman–Crippen LogP) is 2.16. The summed E-state index contributed by atoms with van der Waals surface area (Å²) in [5.41, 5.74) is 0.658. The van der Waals surface area contributed by atoms with Crippen molar-refractivity contribution in [2.24, 2.45) is 0 Å². The van der Waals surface area contributed by atoms with Gasteiger partial charge in [-0.15, -0.1) is 0 Å². The second-order valence-corrected chi connectivity index (χ2v) is 4.16. The summed E-state index contributed by atoms with van der Waals surface area (Å²) in [5, 5.41) is 12.2. The highest BCUT2D eigenvalue weighted by Crippen LogP contribution is 2.16. The third kappa shape index (κ3) is 3.26. The van der Waals surface area contributed by atoms with Crippen molar-refractivity contribution < 1.29 is 9.13 Å². The average molecular weight is 234 g/mol. The molecule has 0 saturated carbocycles. The molecule has 1 saturated heterocycles. The Kier molecular flexibility index (Phi) is 4.08. The van der Waals surface area contributed by atoms with Gasteiger partial charge in [0.15, 0.2) is 0 Å². The van der Waals surface area contributed by atoms with Crippen molar-refractivity contribution in [1.82, 2.24) is 5.32 Å². The molecule has 90 valence electrons. The fourth-order valence-electron chi connectivity index (χ4n) is 1.98. The summed E-state index contributed by atoms with van der Waals surface area (Å²) in [6.07, 6.45) is 2.28. The Balaban J connectivity index is 1.94. The Morgan fingerprint density at radius 2 is 2.47 bits per heavy atom. The predicted molar refractivity (Wildman–Crippen MR) is 61.7 cm³/mol. The first-order valence-electron chi connectivity index (χ1n) is 5.79. The quantitative estimate of drug-likeness (QED) is 0.868. The zero-order valence-electron chi connectivity index (χ0n) is 9.53. The van der Waals surface area contributed by atoms with Crippen LogP contribution in [0, 0.1) is 17.1 Å². The van der Waals surface area contributed by atoms with Crippen molar-refractivity contribution in [3.05, 3.63) is 35.6 Å². The maximum atomic E-state index is 13.0. The van der Waals surface area contributed by atoms with Crippen LogP contribution in [0.1, 0.15) is 24.4 Å². The van der Waals surface area contributed by atoms with Crippen molar-refractivity contribution >= 4 is 0 Å². The van der Waals surface area contributed by atoms with E-state index in [0.29, 0.717) is 12.1 Å².